The third-order valence-electron chi connectivity index (χ3n) is 7.30. The molecule has 0 radical (unpaired) electrons. The van der Waals surface area contributed by atoms with Crippen LogP contribution in [0.1, 0.15) is 60.8 Å². The van der Waals surface area contributed by atoms with Crippen LogP contribution in [0.15, 0.2) is 77.1 Å². The van der Waals surface area contributed by atoms with Crippen molar-refractivity contribution in [2.75, 3.05) is 5.75 Å². The summed E-state index contributed by atoms with van der Waals surface area (Å²) in [5.74, 6) is -0.282. The van der Waals surface area contributed by atoms with Gasteiger partial charge in [0, 0.05) is 36.6 Å². The number of carbonyl (C=O) groups is 2. The van der Waals surface area contributed by atoms with Gasteiger partial charge in [-0.2, -0.15) is 0 Å². The molecule has 10 heteroatoms. The Morgan fingerprint density at radius 1 is 0.952 bits per heavy atom. The summed E-state index contributed by atoms with van der Waals surface area (Å²) >= 11 is 3.38. The van der Waals surface area contributed by atoms with E-state index in [2.05, 4.69) is 18.3 Å². The van der Waals surface area contributed by atoms with E-state index in [0.29, 0.717) is 13.0 Å². The molecule has 1 saturated heterocycles. The molecule has 8 nitrogen and oxygen atoms in total. The SMILES string of the molecule is C[C@@H]1[C@H](CSc2nc3ccccc3s2)O[C@H](c2ccc(CNC(=O)CCCC(=O)O)cc2)O[C@@H]1c1ccc(CO)cc1. The number of hydrogen-bond acceptors (Lipinski definition) is 8. The number of thioether (sulfide) groups is 1. The number of thiazole rings is 1. The fourth-order valence-corrected chi connectivity index (χ4v) is 7.12. The van der Waals surface area contributed by atoms with Crippen LogP contribution in [0.3, 0.4) is 0 Å². The molecule has 5 rings (SSSR count). The fourth-order valence-electron chi connectivity index (χ4n) is 4.86. The molecule has 3 aromatic carbocycles. The van der Waals surface area contributed by atoms with Gasteiger partial charge in [-0.15, -0.1) is 11.3 Å². The number of carboxylic acid groups (broad SMARTS) is 1. The lowest BCUT2D eigenvalue weighted by molar-refractivity contribution is -0.268. The Bertz CT molecular complexity index is 1460. The maximum absolute atomic E-state index is 12.0. The van der Waals surface area contributed by atoms with Gasteiger partial charge in [0.05, 0.1) is 29.0 Å². The number of para-hydroxylation sites is 1. The van der Waals surface area contributed by atoms with E-state index in [1.807, 2.05) is 66.7 Å². The van der Waals surface area contributed by atoms with Gasteiger partial charge < -0.3 is 25.0 Å². The highest BCUT2D eigenvalue weighted by atomic mass is 32.2. The molecule has 1 fully saturated rings. The number of aromatic nitrogens is 1. The van der Waals surface area contributed by atoms with E-state index in [4.69, 9.17) is 19.6 Å². The number of ether oxygens (including phenoxy) is 2. The maximum Gasteiger partial charge on any atom is 0.303 e. The molecule has 0 unspecified atom stereocenters. The van der Waals surface area contributed by atoms with Crippen molar-refractivity contribution in [1.29, 1.82) is 0 Å². The highest BCUT2D eigenvalue weighted by Gasteiger charge is 2.38. The van der Waals surface area contributed by atoms with Gasteiger partial charge in [0.2, 0.25) is 5.91 Å². The number of aliphatic hydroxyl groups excluding tert-OH is 1. The number of rotatable bonds is 12. The lowest BCUT2D eigenvalue weighted by Gasteiger charge is -2.41. The van der Waals surface area contributed by atoms with E-state index in [0.717, 1.165) is 42.6 Å². The standard InChI is InChI=1S/C32H34N2O6S2/c1-20-26(19-41-32-34-25-5-2-3-6-27(25)42-32)39-31(40-30(20)23-13-11-22(18-35)12-14-23)24-15-9-21(10-16-24)17-33-28(36)7-4-8-29(37)38/h2-3,5-6,9-16,20,26,30-31,35H,4,7-8,17-19H2,1H3,(H,33,36)(H,37,38)/t20-,26+,30+,31+/m1/s1. The first-order valence-electron chi connectivity index (χ1n) is 14.0. The molecule has 1 amide bonds. The Hall–Kier alpha value is -3.28. The lowest BCUT2D eigenvalue weighted by atomic mass is 9.91. The number of amides is 1. The molecule has 0 aliphatic carbocycles. The zero-order valence-corrected chi connectivity index (χ0v) is 24.9. The Morgan fingerprint density at radius 2 is 1.67 bits per heavy atom. The second-order valence-electron chi connectivity index (χ2n) is 10.3. The summed E-state index contributed by atoms with van der Waals surface area (Å²) < 4.78 is 15.3. The summed E-state index contributed by atoms with van der Waals surface area (Å²) in [6.07, 6.45) is -0.408. The Morgan fingerprint density at radius 3 is 2.38 bits per heavy atom. The average molecular weight is 607 g/mol. The van der Waals surface area contributed by atoms with Crippen molar-refractivity contribution in [1.82, 2.24) is 10.3 Å². The molecule has 42 heavy (non-hydrogen) atoms. The van der Waals surface area contributed by atoms with Crippen molar-refractivity contribution in [3.63, 3.8) is 0 Å². The minimum absolute atomic E-state index is 0.0103. The van der Waals surface area contributed by atoms with E-state index in [9.17, 15) is 14.7 Å². The summed E-state index contributed by atoms with van der Waals surface area (Å²) in [6, 6.07) is 23.8. The van der Waals surface area contributed by atoms with Crippen LogP contribution in [0.25, 0.3) is 10.2 Å². The Kier molecular flexibility index (Phi) is 10.2. The monoisotopic (exact) mass is 606 g/mol. The van der Waals surface area contributed by atoms with Crippen molar-refractivity contribution in [3.8, 4) is 0 Å². The smallest absolute Gasteiger partial charge is 0.303 e. The normalized spacial score (nSPS) is 20.4. The third kappa shape index (κ3) is 7.76. The molecule has 1 aliphatic heterocycles. The second kappa shape index (κ2) is 14.3. The molecule has 4 atom stereocenters. The highest BCUT2D eigenvalue weighted by Crippen LogP contribution is 2.43. The molecule has 220 valence electrons. The maximum atomic E-state index is 12.0. The van der Waals surface area contributed by atoms with Gasteiger partial charge in [-0.3, -0.25) is 9.59 Å². The molecule has 1 aromatic heterocycles. The lowest BCUT2D eigenvalue weighted by Crippen LogP contribution is -2.38. The zero-order chi connectivity index (χ0) is 29.5. The largest absolute Gasteiger partial charge is 0.481 e. The summed E-state index contributed by atoms with van der Waals surface area (Å²) in [5, 5.41) is 21.1. The van der Waals surface area contributed by atoms with E-state index < -0.39 is 12.3 Å². The number of carbonyl (C=O) groups excluding carboxylic acids is 1. The van der Waals surface area contributed by atoms with E-state index >= 15 is 0 Å². The van der Waals surface area contributed by atoms with Gasteiger partial charge in [0.1, 0.15) is 0 Å². The van der Waals surface area contributed by atoms with Crippen LogP contribution in [0.2, 0.25) is 0 Å². The zero-order valence-electron chi connectivity index (χ0n) is 23.3. The van der Waals surface area contributed by atoms with E-state index in [1.54, 1.807) is 23.1 Å². The van der Waals surface area contributed by atoms with Gasteiger partial charge in [-0.25, -0.2) is 4.98 Å². The van der Waals surface area contributed by atoms with Crippen LogP contribution in [0, 0.1) is 5.92 Å². The van der Waals surface area contributed by atoms with Crippen molar-refractivity contribution in [2.45, 2.75) is 62.2 Å². The van der Waals surface area contributed by atoms with Crippen LogP contribution in [0.5, 0.6) is 0 Å². The predicted octanol–water partition coefficient (Wildman–Crippen LogP) is 6.24. The first-order chi connectivity index (χ1) is 20.4. The Labute approximate surface area is 253 Å². The first-order valence-corrected chi connectivity index (χ1v) is 15.8. The summed E-state index contributed by atoms with van der Waals surface area (Å²) in [6.45, 7) is 2.49. The van der Waals surface area contributed by atoms with Crippen LogP contribution in [-0.2, 0) is 32.2 Å². The van der Waals surface area contributed by atoms with Crippen LogP contribution in [0.4, 0.5) is 0 Å². The number of nitrogens with one attached hydrogen (secondary N) is 1. The van der Waals surface area contributed by atoms with Crippen molar-refractivity contribution < 1.29 is 29.3 Å². The van der Waals surface area contributed by atoms with Gasteiger partial charge in [-0.1, -0.05) is 79.3 Å². The molecule has 3 N–H and O–H groups in total. The quantitative estimate of drug-likeness (QED) is 0.162. The number of benzene rings is 3. The second-order valence-corrected chi connectivity index (χ2v) is 12.6. The summed E-state index contributed by atoms with van der Waals surface area (Å²) in [5.41, 5.74) is 4.69. The number of aliphatic hydroxyl groups is 1. The minimum Gasteiger partial charge on any atom is -0.481 e. The molecule has 0 spiro atoms. The number of carboxylic acids is 1. The third-order valence-corrected chi connectivity index (χ3v) is 9.57. The molecule has 4 aromatic rings. The Balaban J connectivity index is 1.28. The van der Waals surface area contributed by atoms with Gasteiger partial charge >= 0.3 is 5.97 Å². The van der Waals surface area contributed by atoms with Gasteiger partial charge in [-0.05, 0) is 35.2 Å². The molecule has 0 bridgehead atoms. The average Bonchev–Trinajstić information content (AvgIpc) is 3.43. The van der Waals surface area contributed by atoms with Crippen LogP contribution >= 0.6 is 23.1 Å². The summed E-state index contributed by atoms with van der Waals surface area (Å²) in [7, 11) is 0. The van der Waals surface area contributed by atoms with Crippen molar-refractivity contribution in [2.24, 2.45) is 5.92 Å². The van der Waals surface area contributed by atoms with Crippen molar-refractivity contribution >= 4 is 45.2 Å². The van der Waals surface area contributed by atoms with Crippen molar-refractivity contribution in [3.05, 3.63) is 95.1 Å². The van der Waals surface area contributed by atoms with Crippen LogP contribution < -0.4 is 5.32 Å². The van der Waals surface area contributed by atoms with Gasteiger partial charge in [0.25, 0.3) is 0 Å². The molecule has 2 heterocycles. The predicted molar refractivity (Wildman–Crippen MR) is 163 cm³/mol. The molecule has 0 saturated carbocycles. The molecular weight excluding hydrogens is 572 g/mol. The first kappa shape index (κ1) is 30.2. The highest BCUT2D eigenvalue weighted by molar-refractivity contribution is 8.01. The number of nitrogens with zero attached hydrogens (tertiary/aromatic N) is 1. The molecular formula is C32H34N2O6S2. The summed E-state index contributed by atoms with van der Waals surface area (Å²) in [4.78, 5) is 27.5. The topological polar surface area (TPSA) is 118 Å². The number of hydrogen-bond donors (Lipinski definition) is 3. The molecule has 1 aliphatic rings. The minimum atomic E-state index is -0.901. The number of fused-ring (bicyclic) bond motifs is 1. The van der Waals surface area contributed by atoms with Crippen LogP contribution in [-0.4, -0.2) is 38.9 Å². The van der Waals surface area contributed by atoms with Gasteiger partial charge in [0.15, 0.2) is 10.6 Å². The fraction of sp³-hybridized carbons (Fsp3) is 0.344. The van der Waals surface area contributed by atoms with E-state index in [-0.39, 0.29) is 43.5 Å². The number of aliphatic carboxylic acids is 1. The van der Waals surface area contributed by atoms with E-state index in [1.165, 1.54) is 0 Å².